The molecule has 0 amide bonds. The van der Waals surface area contributed by atoms with Gasteiger partial charge in [-0.05, 0) is 18.9 Å². The van der Waals surface area contributed by atoms with E-state index in [9.17, 15) is 13.6 Å². The molecule has 0 spiro atoms. The van der Waals surface area contributed by atoms with Gasteiger partial charge in [-0.3, -0.25) is 4.79 Å². The van der Waals surface area contributed by atoms with E-state index >= 15 is 0 Å². The Morgan fingerprint density at radius 3 is 2.82 bits per heavy atom. The van der Waals surface area contributed by atoms with Gasteiger partial charge in [0.25, 0.3) is 0 Å². The average Bonchev–Trinajstić information content (AvgIpc) is 2.71. The maximum absolute atomic E-state index is 13.5. The zero-order valence-electron chi connectivity index (χ0n) is 8.87. The highest BCUT2D eigenvalue weighted by molar-refractivity contribution is 5.81. The second kappa shape index (κ2) is 4.53. The van der Waals surface area contributed by atoms with Gasteiger partial charge in [0.05, 0.1) is 11.6 Å². The minimum Gasteiger partial charge on any atom is -0.481 e. The number of carbonyl (C=O) groups is 1. The molecule has 17 heavy (non-hydrogen) atoms. The van der Waals surface area contributed by atoms with Crippen molar-refractivity contribution in [1.82, 2.24) is 0 Å². The van der Waals surface area contributed by atoms with Crippen LogP contribution >= 0.6 is 0 Å². The molecule has 1 N–H and O–H groups in total. The molecule has 1 aromatic heterocycles. The molecule has 1 aromatic carbocycles. The molecule has 0 atom stereocenters. The van der Waals surface area contributed by atoms with Crippen LogP contribution in [-0.2, 0) is 11.2 Å². The molecule has 0 bridgehead atoms. The lowest BCUT2D eigenvalue weighted by Gasteiger charge is -2.04. The Kier molecular flexibility index (Phi) is 3.08. The summed E-state index contributed by atoms with van der Waals surface area (Å²) < 4.78 is 31.9. The molecule has 0 fully saturated rings. The molecular formula is C12H10F2O3. The second-order valence-electron chi connectivity index (χ2n) is 3.73. The standard InChI is InChI=1S/C12H10F2O3/c13-9-6-10(14)8-4-5-17-12(8)7(9)2-1-3-11(15)16/h4-6H,1-3H2,(H,15,16). The Morgan fingerprint density at radius 2 is 2.12 bits per heavy atom. The van der Waals surface area contributed by atoms with E-state index in [-0.39, 0.29) is 35.8 Å². The second-order valence-corrected chi connectivity index (χ2v) is 3.73. The molecule has 0 unspecified atom stereocenters. The van der Waals surface area contributed by atoms with E-state index < -0.39 is 17.6 Å². The first-order valence-electron chi connectivity index (χ1n) is 5.15. The van der Waals surface area contributed by atoms with E-state index in [0.717, 1.165) is 6.07 Å². The topological polar surface area (TPSA) is 50.4 Å². The molecule has 0 aliphatic heterocycles. The first-order chi connectivity index (χ1) is 8.09. The van der Waals surface area contributed by atoms with Crippen LogP contribution in [0.25, 0.3) is 11.0 Å². The lowest BCUT2D eigenvalue weighted by molar-refractivity contribution is -0.137. The average molecular weight is 240 g/mol. The molecule has 0 saturated heterocycles. The number of hydrogen-bond donors (Lipinski definition) is 1. The van der Waals surface area contributed by atoms with E-state index in [1.807, 2.05) is 0 Å². The van der Waals surface area contributed by atoms with Gasteiger partial charge in [0, 0.05) is 18.1 Å². The number of hydrogen-bond acceptors (Lipinski definition) is 2. The Balaban J connectivity index is 2.32. The summed E-state index contributed by atoms with van der Waals surface area (Å²) in [5.41, 5.74) is 0.389. The van der Waals surface area contributed by atoms with Crippen molar-refractivity contribution in [3.63, 3.8) is 0 Å². The van der Waals surface area contributed by atoms with Gasteiger partial charge in [-0.1, -0.05) is 0 Å². The van der Waals surface area contributed by atoms with Crippen LogP contribution in [-0.4, -0.2) is 11.1 Å². The highest BCUT2D eigenvalue weighted by Crippen LogP contribution is 2.27. The number of furan rings is 1. The van der Waals surface area contributed by atoms with Gasteiger partial charge in [-0.25, -0.2) is 8.78 Å². The van der Waals surface area contributed by atoms with Crippen LogP contribution in [0.4, 0.5) is 8.78 Å². The summed E-state index contributed by atoms with van der Waals surface area (Å²) in [4.78, 5) is 10.4. The fourth-order valence-corrected chi connectivity index (χ4v) is 1.76. The van der Waals surface area contributed by atoms with Crippen molar-refractivity contribution in [2.75, 3.05) is 0 Å². The molecule has 5 heteroatoms. The number of benzene rings is 1. The summed E-state index contributed by atoms with van der Waals surface area (Å²) in [6.07, 6.45) is 1.73. The first kappa shape index (κ1) is 11.6. The van der Waals surface area contributed by atoms with Crippen LogP contribution < -0.4 is 0 Å². The molecule has 1 heterocycles. The summed E-state index contributed by atoms with van der Waals surface area (Å²) in [6, 6.07) is 2.22. The number of rotatable bonds is 4. The van der Waals surface area contributed by atoms with Gasteiger partial charge in [-0.2, -0.15) is 0 Å². The zero-order chi connectivity index (χ0) is 12.4. The normalized spacial score (nSPS) is 10.9. The molecule has 0 saturated carbocycles. The quantitative estimate of drug-likeness (QED) is 0.893. The molecule has 2 aromatic rings. The van der Waals surface area contributed by atoms with E-state index in [1.165, 1.54) is 12.3 Å². The molecule has 0 radical (unpaired) electrons. The van der Waals surface area contributed by atoms with Crippen molar-refractivity contribution in [3.8, 4) is 0 Å². The van der Waals surface area contributed by atoms with Crippen LogP contribution in [0.3, 0.4) is 0 Å². The van der Waals surface area contributed by atoms with Crippen molar-refractivity contribution in [2.45, 2.75) is 19.3 Å². The number of carboxylic acid groups (broad SMARTS) is 1. The number of carboxylic acids is 1. The van der Waals surface area contributed by atoms with Crippen molar-refractivity contribution in [1.29, 1.82) is 0 Å². The highest BCUT2D eigenvalue weighted by atomic mass is 19.1. The fourth-order valence-electron chi connectivity index (χ4n) is 1.76. The van der Waals surface area contributed by atoms with Crippen LogP contribution in [0.5, 0.6) is 0 Å². The Bertz CT molecular complexity index is 560. The largest absolute Gasteiger partial charge is 0.481 e. The Hall–Kier alpha value is -1.91. The molecular weight excluding hydrogens is 230 g/mol. The van der Waals surface area contributed by atoms with Gasteiger partial charge in [0.1, 0.15) is 17.2 Å². The lowest BCUT2D eigenvalue weighted by Crippen LogP contribution is -1.98. The predicted octanol–water partition coefficient (Wildman–Crippen LogP) is 3.12. The van der Waals surface area contributed by atoms with E-state index in [4.69, 9.17) is 9.52 Å². The monoisotopic (exact) mass is 240 g/mol. The van der Waals surface area contributed by atoms with Crippen LogP contribution in [0.1, 0.15) is 18.4 Å². The number of halogens is 2. The minimum absolute atomic E-state index is 0.0565. The summed E-state index contributed by atoms with van der Waals surface area (Å²) in [5.74, 6) is -2.31. The summed E-state index contributed by atoms with van der Waals surface area (Å²) in [7, 11) is 0. The van der Waals surface area contributed by atoms with Gasteiger partial charge < -0.3 is 9.52 Å². The Morgan fingerprint density at radius 1 is 1.35 bits per heavy atom. The maximum atomic E-state index is 13.5. The number of fused-ring (bicyclic) bond motifs is 1. The van der Waals surface area contributed by atoms with Gasteiger partial charge in [0.15, 0.2) is 0 Å². The van der Waals surface area contributed by atoms with Crippen molar-refractivity contribution < 1.29 is 23.1 Å². The zero-order valence-corrected chi connectivity index (χ0v) is 8.87. The Labute approximate surface area is 95.7 Å². The van der Waals surface area contributed by atoms with Crippen molar-refractivity contribution in [2.24, 2.45) is 0 Å². The smallest absolute Gasteiger partial charge is 0.303 e. The van der Waals surface area contributed by atoms with Crippen LogP contribution in [0.15, 0.2) is 22.8 Å². The predicted molar refractivity (Wildman–Crippen MR) is 56.7 cm³/mol. The van der Waals surface area contributed by atoms with Gasteiger partial charge >= 0.3 is 5.97 Å². The van der Waals surface area contributed by atoms with E-state index in [2.05, 4.69) is 0 Å². The molecule has 0 aliphatic rings. The van der Waals surface area contributed by atoms with Gasteiger partial charge in [0.2, 0.25) is 0 Å². The highest BCUT2D eigenvalue weighted by Gasteiger charge is 2.15. The van der Waals surface area contributed by atoms with Crippen LogP contribution in [0, 0.1) is 11.6 Å². The van der Waals surface area contributed by atoms with Crippen molar-refractivity contribution in [3.05, 3.63) is 35.6 Å². The third-order valence-electron chi connectivity index (χ3n) is 2.56. The molecule has 3 nitrogen and oxygen atoms in total. The SMILES string of the molecule is O=C(O)CCCc1c(F)cc(F)c2ccoc12. The molecule has 90 valence electrons. The summed E-state index contributed by atoms with van der Waals surface area (Å²) in [5, 5.41) is 8.72. The third kappa shape index (κ3) is 2.27. The molecule has 0 aliphatic carbocycles. The lowest BCUT2D eigenvalue weighted by atomic mass is 10.0. The number of aliphatic carboxylic acids is 1. The minimum atomic E-state index is -0.941. The number of aryl methyl sites for hydroxylation is 1. The van der Waals surface area contributed by atoms with E-state index in [0.29, 0.717) is 0 Å². The summed E-state index contributed by atoms with van der Waals surface area (Å²) in [6.45, 7) is 0. The summed E-state index contributed by atoms with van der Waals surface area (Å²) >= 11 is 0. The van der Waals surface area contributed by atoms with Crippen molar-refractivity contribution >= 4 is 16.9 Å². The third-order valence-corrected chi connectivity index (χ3v) is 2.56. The van der Waals surface area contributed by atoms with Crippen LogP contribution in [0.2, 0.25) is 0 Å². The van der Waals surface area contributed by atoms with Gasteiger partial charge in [-0.15, -0.1) is 0 Å². The van der Waals surface area contributed by atoms with E-state index in [1.54, 1.807) is 0 Å². The maximum Gasteiger partial charge on any atom is 0.303 e. The molecule has 2 rings (SSSR count). The first-order valence-corrected chi connectivity index (χ1v) is 5.15. The fraction of sp³-hybridized carbons (Fsp3) is 0.250.